The largest absolute Gasteiger partial charge is 0.382 e. The van der Waals surface area contributed by atoms with E-state index in [4.69, 9.17) is 34.8 Å². The Morgan fingerprint density at radius 3 is 2.50 bits per heavy atom. The molecule has 0 saturated heterocycles. The van der Waals surface area contributed by atoms with E-state index in [1.54, 1.807) is 4.40 Å². The van der Waals surface area contributed by atoms with Crippen LogP contribution in [0.2, 0.25) is 0 Å². The van der Waals surface area contributed by atoms with Crippen LogP contribution in [-0.2, 0) is 0 Å². The molecule has 3 rings (SSSR count). The van der Waals surface area contributed by atoms with Crippen LogP contribution >= 0.6 is 59.6 Å². The van der Waals surface area contributed by atoms with Gasteiger partial charge in [-0.15, -0.1) is 24.8 Å². The number of aromatic nitrogens is 3. The fraction of sp³-hybridized carbons (Fsp3) is 0.182. The van der Waals surface area contributed by atoms with Gasteiger partial charge in [0.25, 0.3) is 0 Å². The van der Waals surface area contributed by atoms with Gasteiger partial charge in [0, 0.05) is 0 Å². The lowest BCUT2D eigenvalue weighted by molar-refractivity contribution is 0.177. The molecule has 4 nitrogen and oxygen atoms in total. The second-order valence-corrected chi connectivity index (χ2v) is 6.30. The Bertz CT molecular complexity index is 718. The summed E-state index contributed by atoms with van der Waals surface area (Å²) in [5.41, 5.74) is 2.20. The zero-order chi connectivity index (χ0) is 12.9. The quantitative estimate of drug-likeness (QED) is 0.628. The molecule has 2 heterocycles. The van der Waals surface area contributed by atoms with E-state index in [0.717, 1.165) is 11.0 Å². The zero-order valence-corrected chi connectivity index (χ0v) is 13.7. The summed E-state index contributed by atoms with van der Waals surface area (Å²) in [5.74, 6) is 0.597. The van der Waals surface area contributed by atoms with Gasteiger partial charge in [-0.05, 0) is 12.1 Å². The van der Waals surface area contributed by atoms with Crippen molar-refractivity contribution in [3.05, 3.63) is 36.2 Å². The van der Waals surface area contributed by atoms with Gasteiger partial charge in [0.1, 0.15) is 6.10 Å². The van der Waals surface area contributed by atoms with E-state index in [0.29, 0.717) is 11.5 Å². The summed E-state index contributed by atoms with van der Waals surface area (Å²) in [5, 5.41) is 10.1. The number of rotatable bonds is 1. The molecule has 2 aromatic heterocycles. The van der Waals surface area contributed by atoms with Crippen molar-refractivity contribution >= 4 is 76.4 Å². The molecule has 0 saturated carbocycles. The molecule has 2 N–H and O–H groups in total. The number of alkyl halides is 3. The second kappa shape index (κ2) is 6.18. The first-order valence-corrected chi connectivity index (χ1v) is 6.31. The van der Waals surface area contributed by atoms with Gasteiger partial charge in [-0.2, -0.15) is 0 Å². The fourth-order valence-electron chi connectivity index (χ4n) is 1.96. The summed E-state index contributed by atoms with van der Waals surface area (Å²) < 4.78 is -0.0593. The minimum absolute atomic E-state index is 0. The zero-order valence-electron chi connectivity index (χ0n) is 9.76. The van der Waals surface area contributed by atoms with Crippen molar-refractivity contribution in [3.63, 3.8) is 0 Å². The highest BCUT2D eigenvalue weighted by atomic mass is 35.6. The molecule has 110 valence electrons. The van der Waals surface area contributed by atoms with E-state index in [9.17, 15) is 5.11 Å². The van der Waals surface area contributed by atoms with E-state index in [1.165, 1.54) is 6.20 Å². The second-order valence-electron chi connectivity index (χ2n) is 3.93. The van der Waals surface area contributed by atoms with Gasteiger partial charge >= 0.3 is 0 Å². The van der Waals surface area contributed by atoms with Gasteiger partial charge in [-0.3, -0.25) is 4.40 Å². The number of aliphatic hydroxyl groups is 1. The van der Waals surface area contributed by atoms with Crippen molar-refractivity contribution in [2.24, 2.45) is 0 Å². The standard InChI is InChI=1S/C11H8Cl3N3O.2ClH/c12-11(13,14)9(18)8-5-15-10-16-6-3-1-2-4-7(6)17(8)10;;/h1-5,9,18H,(H,15,16);2*1H. The number of para-hydroxylation sites is 2. The van der Waals surface area contributed by atoms with Gasteiger partial charge in [-0.25, -0.2) is 4.98 Å². The fourth-order valence-corrected chi connectivity index (χ4v) is 2.30. The lowest BCUT2D eigenvalue weighted by Gasteiger charge is -2.17. The SMILES string of the molecule is Cl.Cl.OC(c1cnc2[nH]c3ccccc3n12)C(Cl)(Cl)Cl. The van der Waals surface area contributed by atoms with Crippen molar-refractivity contribution in [1.29, 1.82) is 0 Å². The van der Waals surface area contributed by atoms with Gasteiger partial charge in [0.15, 0.2) is 0 Å². The Balaban J connectivity index is 0.000001000. The molecule has 1 atom stereocenters. The Hall–Kier alpha value is -0.360. The third-order valence-corrected chi connectivity index (χ3v) is 3.39. The number of H-pyrrole nitrogens is 1. The molecule has 20 heavy (non-hydrogen) atoms. The van der Waals surface area contributed by atoms with Crippen LogP contribution in [0.15, 0.2) is 30.5 Å². The maximum atomic E-state index is 10.1. The minimum Gasteiger partial charge on any atom is -0.382 e. The predicted molar refractivity (Wildman–Crippen MR) is 86.8 cm³/mol. The predicted octanol–water partition coefficient (Wildman–Crippen LogP) is 4.06. The van der Waals surface area contributed by atoms with E-state index < -0.39 is 9.90 Å². The van der Waals surface area contributed by atoms with Crippen molar-refractivity contribution in [3.8, 4) is 0 Å². The van der Waals surface area contributed by atoms with Crippen molar-refractivity contribution in [2.45, 2.75) is 9.90 Å². The van der Waals surface area contributed by atoms with E-state index in [1.807, 2.05) is 24.3 Å². The number of aromatic amines is 1. The molecule has 0 fully saturated rings. The first-order valence-electron chi connectivity index (χ1n) is 5.17. The summed E-state index contributed by atoms with van der Waals surface area (Å²) in [6.45, 7) is 0. The Morgan fingerprint density at radius 2 is 1.85 bits per heavy atom. The molecular weight excluding hydrogens is 367 g/mol. The van der Waals surface area contributed by atoms with Gasteiger partial charge < -0.3 is 10.1 Å². The van der Waals surface area contributed by atoms with Crippen LogP contribution in [0.25, 0.3) is 16.8 Å². The number of halogens is 5. The molecule has 0 amide bonds. The monoisotopic (exact) mass is 375 g/mol. The van der Waals surface area contributed by atoms with Gasteiger partial charge in [-0.1, -0.05) is 46.9 Å². The van der Waals surface area contributed by atoms with Crippen LogP contribution in [0.4, 0.5) is 0 Å². The molecule has 0 aliphatic rings. The average molecular weight is 377 g/mol. The molecule has 0 aliphatic carbocycles. The summed E-state index contributed by atoms with van der Waals surface area (Å²) in [4.78, 5) is 7.28. The van der Waals surface area contributed by atoms with Gasteiger partial charge in [0.05, 0.1) is 22.9 Å². The molecule has 3 aromatic rings. The number of hydrogen-bond acceptors (Lipinski definition) is 2. The number of benzene rings is 1. The lowest BCUT2D eigenvalue weighted by Crippen LogP contribution is -2.17. The third kappa shape index (κ3) is 2.82. The van der Waals surface area contributed by atoms with Crippen LogP contribution in [0.5, 0.6) is 0 Å². The van der Waals surface area contributed by atoms with Crippen molar-refractivity contribution < 1.29 is 5.11 Å². The average Bonchev–Trinajstić information content (AvgIpc) is 2.84. The molecule has 0 spiro atoms. The van der Waals surface area contributed by atoms with Crippen molar-refractivity contribution in [2.75, 3.05) is 0 Å². The first kappa shape index (κ1) is 17.7. The van der Waals surface area contributed by atoms with Crippen LogP contribution in [0.1, 0.15) is 11.8 Å². The molecule has 0 aliphatic heterocycles. The first-order chi connectivity index (χ1) is 8.48. The highest BCUT2D eigenvalue weighted by Crippen LogP contribution is 2.40. The number of fused-ring (bicyclic) bond motifs is 3. The molecule has 0 bridgehead atoms. The van der Waals surface area contributed by atoms with E-state index in [-0.39, 0.29) is 24.8 Å². The summed E-state index contributed by atoms with van der Waals surface area (Å²) in [6, 6.07) is 7.61. The summed E-state index contributed by atoms with van der Waals surface area (Å²) >= 11 is 17.2. The maximum absolute atomic E-state index is 10.1. The van der Waals surface area contributed by atoms with Crippen LogP contribution in [0, 0.1) is 0 Å². The Kier molecular flexibility index (Phi) is 5.46. The third-order valence-electron chi connectivity index (χ3n) is 2.77. The summed E-state index contributed by atoms with van der Waals surface area (Å²) in [6.07, 6.45) is 0.238. The smallest absolute Gasteiger partial charge is 0.221 e. The van der Waals surface area contributed by atoms with Crippen LogP contribution < -0.4 is 0 Å². The Morgan fingerprint density at radius 1 is 1.20 bits per heavy atom. The number of nitrogens with zero attached hydrogens (tertiary/aromatic N) is 2. The Labute approximate surface area is 141 Å². The van der Waals surface area contributed by atoms with E-state index in [2.05, 4.69) is 9.97 Å². The number of aliphatic hydroxyl groups excluding tert-OH is 1. The number of hydrogen-bond donors (Lipinski definition) is 2. The maximum Gasteiger partial charge on any atom is 0.221 e. The molecule has 0 radical (unpaired) electrons. The molecule has 1 unspecified atom stereocenters. The van der Waals surface area contributed by atoms with Crippen LogP contribution in [0.3, 0.4) is 0 Å². The minimum atomic E-state index is -1.80. The van der Waals surface area contributed by atoms with Crippen LogP contribution in [-0.4, -0.2) is 23.3 Å². The van der Waals surface area contributed by atoms with E-state index >= 15 is 0 Å². The van der Waals surface area contributed by atoms with Crippen molar-refractivity contribution in [1.82, 2.24) is 14.4 Å². The topological polar surface area (TPSA) is 53.3 Å². The normalized spacial score (nSPS) is 13.0. The summed E-state index contributed by atoms with van der Waals surface area (Å²) in [7, 11) is 0. The van der Waals surface area contributed by atoms with Gasteiger partial charge in [0.2, 0.25) is 9.57 Å². The lowest BCUT2D eigenvalue weighted by atomic mass is 10.3. The molecule has 1 aromatic carbocycles. The highest BCUT2D eigenvalue weighted by molar-refractivity contribution is 6.68. The highest BCUT2D eigenvalue weighted by Gasteiger charge is 2.34. The number of nitrogens with one attached hydrogen (secondary N) is 1. The molecular formula is C11H10Cl5N3O. The number of imidazole rings is 2. The molecule has 9 heteroatoms.